The van der Waals surface area contributed by atoms with Crippen molar-refractivity contribution in [1.82, 2.24) is 4.90 Å². The minimum absolute atomic E-state index is 0.0122. The molecule has 1 unspecified atom stereocenters. The summed E-state index contributed by atoms with van der Waals surface area (Å²) in [5.41, 5.74) is 0.472. The number of nitrogens with zero attached hydrogens (tertiary/aromatic N) is 1. The van der Waals surface area contributed by atoms with Crippen LogP contribution < -0.4 is 0 Å². The van der Waals surface area contributed by atoms with Crippen molar-refractivity contribution in [2.75, 3.05) is 20.3 Å². The molecule has 0 N–H and O–H groups in total. The molecule has 1 heterocycles. The summed E-state index contributed by atoms with van der Waals surface area (Å²) in [6, 6.07) is 0.0272. The summed E-state index contributed by atoms with van der Waals surface area (Å²) in [6.45, 7) is 6.62. The zero-order valence-electron chi connectivity index (χ0n) is 16.5. The largest absolute Gasteiger partial charge is 0.383 e. The maximum atomic E-state index is 13.6. The molecule has 5 heteroatoms. The Morgan fingerprint density at radius 3 is 2.85 bits per heavy atom. The second-order valence-corrected chi connectivity index (χ2v) is 8.31. The fourth-order valence-electron chi connectivity index (χ4n) is 5.59. The van der Waals surface area contributed by atoms with Gasteiger partial charge in [0.2, 0.25) is 5.91 Å². The molecule has 1 aliphatic heterocycles. The quantitative estimate of drug-likeness (QED) is 0.530. The van der Waals surface area contributed by atoms with Crippen LogP contribution in [0.2, 0.25) is 0 Å². The fourth-order valence-corrected chi connectivity index (χ4v) is 5.59. The van der Waals surface area contributed by atoms with Gasteiger partial charge in [0.05, 0.1) is 12.6 Å². The summed E-state index contributed by atoms with van der Waals surface area (Å²) in [6.07, 6.45) is 9.29. The van der Waals surface area contributed by atoms with Gasteiger partial charge in [0.15, 0.2) is 5.78 Å². The van der Waals surface area contributed by atoms with E-state index in [1.165, 1.54) is 0 Å². The normalized spacial score (nSPS) is 33.4. The first-order valence-corrected chi connectivity index (χ1v) is 10.1. The fraction of sp³-hybridized carbons (Fsp3) is 0.682. The van der Waals surface area contributed by atoms with Gasteiger partial charge in [0, 0.05) is 26.0 Å². The number of amides is 1. The van der Waals surface area contributed by atoms with E-state index in [-0.39, 0.29) is 34.8 Å². The van der Waals surface area contributed by atoms with Crippen LogP contribution in [0, 0.1) is 17.3 Å². The van der Waals surface area contributed by atoms with Crippen LogP contribution in [-0.4, -0.2) is 48.7 Å². The predicted octanol–water partition coefficient (Wildman–Crippen LogP) is 3.09. The van der Waals surface area contributed by atoms with Gasteiger partial charge in [0.25, 0.3) is 0 Å². The van der Waals surface area contributed by atoms with E-state index in [1.807, 2.05) is 17.1 Å². The number of hydrogen-bond acceptors (Lipinski definition) is 4. The number of carbonyl (C=O) groups is 3. The van der Waals surface area contributed by atoms with E-state index in [0.29, 0.717) is 25.1 Å². The molecule has 5 nitrogen and oxygen atoms in total. The van der Waals surface area contributed by atoms with Crippen LogP contribution in [0.3, 0.4) is 0 Å². The van der Waals surface area contributed by atoms with E-state index < -0.39 is 5.92 Å². The third-order valence-electron chi connectivity index (χ3n) is 6.79. The molecule has 2 aliphatic carbocycles. The van der Waals surface area contributed by atoms with Gasteiger partial charge >= 0.3 is 0 Å². The van der Waals surface area contributed by atoms with Gasteiger partial charge < -0.3 is 9.64 Å². The zero-order valence-corrected chi connectivity index (χ0v) is 16.5. The van der Waals surface area contributed by atoms with Gasteiger partial charge in [-0.05, 0) is 56.4 Å². The molecule has 0 bridgehead atoms. The van der Waals surface area contributed by atoms with Gasteiger partial charge in [-0.3, -0.25) is 14.4 Å². The monoisotopic (exact) mass is 373 g/mol. The highest BCUT2D eigenvalue weighted by Crippen LogP contribution is 2.55. The number of hydrogen-bond donors (Lipinski definition) is 0. The lowest BCUT2D eigenvalue weighted by molar-refractivity contribution is -0.150. The molecule has 0 aromatic rings. The third kappa shape index (κ3) is 3.54. The minimum atomic E-state index is -0.744. The van der Waals surface area contributed by atoms with Crippen molar-refractivity contribution < 1.29 is 19.1 Å². The number of carbonyl (C=O) groups excluding carboxylic acids is 3. The Labute approximate surface area is 161 Å². The third-order valence-corrected chi connectivity index (χ3v) is 6.79. The van der Waals surface area contributed by atoms with Gasteiger partial charge in [-0.2, -0.15) is 0 Å². The van der Waals surface area contributed by atoms with Crippen LogP contribution in [0.4, 0.5) is 0 Å². The number of rotatable bonds is 6. The standard InChI is InChI=1S/C22H31NO4/c1-4-10-22-11-5-8-17(15(2)24)20(22)19(18(25)9-12-22)21(26)23-13-6-7-16(23)14-27-3/h4,8,16,19-20H,1,5-7,9-14H2,2-3H3/t16-,19?,20-,22+/m0/s1. The number of allylic oxidation sites excluding steroid dienone is 3. The van der Waals surface area contributed by atoms with Gasteiger partial charge in [-0.25, -0.2) is 0 Å². The van der Waals surface area contributed by atoms with E-state index in [9.17, 15) is 14.4 Å². The maximum absolute atomic E-state index is 13.6. The summed E-state index contributed by atoms with van der Waals surface area (Å²) in [5.74, 6) is -1.20. The van der Waals surface area contributed by atoms with E-state index in [1.54, 1.807) is 14.0 Å². The molecule has 0 aromatic carbocycles. The first kappa shape index (κ1) is 20.0. The number of methoxy groups -OCH3 is 1. The molecular formula is C22H31NO4. The van der Waals surface area contributed by atoms with Crippen molar-refractivity contribution in [2.45, 2.75) is 57.9 Å². The average Bonchev–Trinajstić information content (AvgIpc) is 3.10. The summed E-state index contributed by atoms with van der Waals surface area (Å²) in [4.78, 5) is 40.8. The van der Waals surface area contributed by atoms with Crippen LogP contribution in [0.1, 0.15) is 51.9 Å². The number of fused-ring (bicyclic) bond motifs is 1. The lowest BCUT2D eigenvalue weighted by Crippen LogP contribution is -2.54. The maximum Gasteiger partial charge on any atom is 0.234 e. The van der Waals surface area contributed by atoms with Crippen molar-refractivity contribution in [2.24, 2.45) is 17.3 Å². The summed E-state index contributed by atoms with van der Waals surface area (Å²) >= 11 is 0. The molecule has 4 atom stereocenters. The van der Waals surface area contributed by atoms with Crippen LogP contribution in [0.5, 0.6) is 0 Å². The Bertz CT molecular complexity index is 667. The molecule has 0 radical (unpaired) electrons. The lowest BCUT2D eigenvalue weighted by atomic mass is 9.53. The first-order valence-electron chi connectivity index (χ1n) is 10.1. The Hall–Kier alpha value is -1.75. The van der Waals surface area contributed by atoms with Gasteiger partial charge in [-0.15, -0.1) is 6.58 Å². The van der Waals surface area contributed by atoms with Crippen LogP contribution in [0.15, 0.2) is 24.3 Å². The Balaban J connectivity index is 2.00. The van der Waals surface area contributed by atoms with Crippen molar-refractivity contribution in [3.05, 3.63) is 24.3 Å². The average molecular weight is 373 g/mol. The highest BCUT2D eigenvalue weighted by Gasteiger charge is 2.55. The highest BCUT2D eigenvalue weighted by molar-refractivity contribution is 6.05. The van der Waals surface area contributed by atoms with Crippen molar-refractivity contribution in [1.29, 1.82) is 0 Å². The summed E-state index contributed by atoms with van der Waals surface area (Å²) < 4.78 is 5.29. The lowest BCUT2D eigenvalue weighted by Gasteiger charge is -2.50. The molecule has 3 rings (SSSR count). The molecule has 0 aromatic heterocycles. The van der Waals surface area contributed by atoms with Crippen molar-refractivity contribution >= 4 is 17.5 Å². The second-order valence-electron chi connectivity index (χ2n) is 8.31. The SMILES string of the molecule is C=CC[C@]12CCC=C(C(C)=O)[C@H]1C(C(=O)N1CCC[C@H]1COC)C(=O)CC2. The number of likely N-dealkylation sites (tertiary alicyclic amines) is 1. The van der Waals surface area contributed by atoms with E-state index in [2.05, 4.69) is 6.58 Å². The van der Waals surface area contributed by atoms with Crippen LogP contribution in [0.25, 0.3) is 0 Å². The molecule has 3 aliphatic rings. The zero-order chi connectivity index (χ0) is 19.6. The number of Topliss-reactive ketones (excluding diaryl/α,β-unsaturated/α-hetero) is 2. The molecular weight excluding hydrogens is 342 g/mol. The van der Waals surface area contributed by atoms with Crippen LogP contribution in [-0.2, 0) is 19.1 Å². The Morgan fingerprint density at radius 1 is 1.41 bits per heavy atom. The first-order chi connectivity index (χ1) is 12.9. The summed E-state index contributed by atoms with van der Waals surface area (Å²) in [5, 5.41) is 0. The van der Waals surface area contributed by atoms with E-state index >= 15 is 0 Å². The van der Waals surface area contributed by atoms with Crippen molar-refractivity contribution in [3.8, 4) is 0 Å². The Kier molecular flexibility index (Phi) is 5.99. The van der Waals surface area contributed by atoms with Gasteiger partial charge in [0.1, 0.15) is 11.7 Å². The molecule has 1 amide bonds. The smallest absolute Gasteiger partial charge is 0.234 e. The molecule has 1 saturated heterocycles. The molecule has 148 valence electrons. The molecule has 1 saturated carbocycles. The second kappa shape index (κ2) is 8.09. The molecule has 27 heavy (non-hydrogen) atoms. The highest BCUT2D eigenvalue weighted by atomic mass is 16.5. The molecule has 0 spiro atoms. The van der Waals surface area contributed by atoms with E-state index in [0.717, 1.165) is 38.5 Å². The number of ether oxygens (including phenoxy) is 1. The Morgan fingerprint density at radius 2 is 2.19 bits per heavy atom. The van der Waals surface area contributed by atoms with E-state index in [4.69, 9.17) is 4.74 Å². The molecule has 2 fully saturated rings. The number of ketones is 2. The topological polar surface area (TPSA) is 63.7 Å². The van der Waals surface area contributed by atoms with Crippen molar-refractivity contribution in [3.63, 3.8) is 0 Å². The predicted molar refractivity (Wildman–Crippen MR) is 103 cm³/mol. The van der Waals surface area contributed by atoms with Gasteiger partial charge in [-0.1, -0.05) is 12.2 Å². The summed E-state index contributed by atoms with van der Waals surface area (Å²) in [7, 11) is 1.64. The van der Waals surface area contributed by atoms with Crippen LogP contribution >= 0.6 is 0 Å². The minimum Gasteiger partial charge on any atom is -0.383 e.